The van der Waals surface area contributed by atoms with E-state index in [1.165, 1.54) is 12.1 Å². The number of nitro groups is 1. The van der Waals surface area contributed by atoms with Crippen LogP contribution >= 0.6 is 0 Å². The lowest BCUT2D eigenvalue weighted by molar-refractivity contribution is -0.384. The quantitative estimate of drug-likeness (QED) is 0.346. The highest BCUT2D eigenvalue weighted by Crippen LogP contribution is 2.24. The van der Waals surface area contributed by atoms with E-state index < -0.39 is 16.8 Å². The van der Waals surface area contributed by atoms with Crippen LogP contribution in [0, 0.1) is 16.0 Å². The van der Waals surface area contributed by atoms with Gasteiger partial charge in [0.15, 0.2) is 5.78 Å². The van der Waals surface area contributed by atoms with E-state index >= 15 is 0 Å². The largest absolute Gasteiger partial charge is 0.466 e. The number of carbonyl (C=O) groups excluding carboxylic acids is 2. The minimum atomic E-state index is -0.542. The number of esters is 1. The molecule has 0 saturated heterocycles. The lowest BCUT2D eigenvalue weighted by atomic mass is 9.88. The molecule has 2 rings (SSSR count). The van der Waals surface area contributed by atoms with Crippen LogP contribution < -0.4 is 0 Å². The van der Waals surface area contributed by atoms with Crippen molar-refractivity contribution in [3.63, 3.8) is 0 Å². The van der Waals surface area contributed by atoms with E-state index in [0.29, 0.717) is 0 Å². The second-order valence-electron chi connectivity index (χ2n) is 5.16. The first-order chi connectivity index (χ1) is 11.5. The Morgan fingerprint density at radius 2 is 1.96 bits per heavy atom. The second-order valence-corrected chi connectivity index (χ2v) is 5.16. The summed E-state index contributed by atoms with van der Waals surface area (Å²) in [4.78, 5) is 34.0. The Bertz CT molecular complexity index is 728. The Morgan fingerprint density at radius 3 is 2.58 bits per heavy atom. The molecule has 0 fully saturated rings. The van der Waals surface area contributed by atoms with Crippen LogP contribution in [0.15, 0.2) is 54.1 Å². The van der Waals surface area contributed by atoms with Crippen molar-refractivity contribution in [1.29, 1.82) is 0 Å². The summed E-state index contributed by atoms with van der Waals surface area (Å²) in [6.07, 6.45) is 8.55. The van der Waals surface area contributed by atoms with Crippen LogP contribution in [-0.2, 0) is 14.3 Å². The molecule has 0 aromatic heterocycles. The smallest absolute Gasteiger partial charge is 0.313 e. The van der Waals surface area contributed by atoms with Gasteiger partial charge in [0, 0.05) is 12.1 Å². The maximum atomic E-state index is 12.3. The third kappa shape index (κ3) is 4.49. The van der Waals surface area contributed by atoms with Gasteiger partial charge in [0.2, 0.25) is 0 Å². The van der Waals surface area contributed by atoms with Gasteiger partial charge in [-0.25, -0.2) is 0 Å². The van der Waals surface area contributed by atoms with Crippen molar-refractivity contribution >= 4 is 23.5 Å². The first kappa shape index (κ1) is 17.3. The van der Waals surface area contributed by atoms with Gasteiger partial charge >= 0.3 is 5.97 Å². The number of hydrogen-bond acceptors (Lipinski definition) is 5. The molecule has 0 radical (unpaired) electrons. The second kappa shape index (κ2) is 8.01. The Balaban J connectivity index is 2.18. The van der Waals surface area contributed by atoms with Gasteiger partial charge < -0.3 is 4.74 Å². The number of benzene rings is 1. The zero-order valence-electron chi connectivity index (χ0n) is 13.2. The summed E-state index contributed by atoms with van der Waals surface area (Å²) < 4.78 is 4.81. The van der Waals surface area contributed by atoms with E-state index in [-0.39, 0.29) is 24.5 Å². The molecule has 0 spiro atoms. The predicted octanol–water partition coefficient (Wildman–Crippen LogP) is 3.24. The van der Waals surface area contributed by atoms with Crippen molar-refractivity contribution in [2.45, 2.75) is 13.3 Å². The maximum Gasteiger partial charge on any atom is 0.313 e. The minimum Gasteiger partial charge on any atom is -0.466 e. The number of non-ortho nitro benzene ring substituents is 1. The number of nitro benzene ring substituents is 1. The van der Waals surface area contributed by atoms with Crippen molar-refractivity contribution < 1.29 is 19.2 Å². The first-order valence-corrected chi connectivity index (χ1v) is 7.50. The summed E-state index contributed by atoms with van der Waals surface area (Å²) in [7, 11) is 0. The van der Waals surface area contributed by atoms with Crippen molar-refractivity contribution in [2.24, 2.45) is 5.92 Å². The summed E-state index contributed by atoms with van der Waals surface area (Å²) in [6.45, 7) is 1.92. The lowest BCUT2D eigenvalue weighted by Gasteiger charge is -2.15. The molecule has 0 heterocycles. The van der Waals surface area contributed by atoms with Gasteiger partial charge in [-0.15, -0.1) is 0 Å². The Morgan fingerprint density at radius 1 is 1.25 bits per heavy atom. The molecule has 0 bridgehead atoms. The fourth-order valence-corrected chi connectivity index (χ4v) is 2.34. The summed E-state index contributed by atoms with van der Waals surface area (Å²) in [6, 6.07) is 6.04. The van der Waals surface area contributed by atoms with Crippen LogP contribution in [0.4, 0.5) is 5.69 Å². The van der Waals surface area contributed by atoms with E-state index in [4.69, 9.17) is 4.74 Å². The number of allylic oxidation sites excluding steroid dienone is 5. The molecular formula is C18H17NO5. The average Bonchev–Trinajstić information content (AvgIpc) is 2.56. The average molecular weight is 327 g/mol. The SMILES string of the molecule is CCOC(=O)CC(=O)C1C=CC=CC1=Cc1ccc([N+](=O)[O-])cc1. The molecule has 1 atom stereocenters. The molecule has 124 valence electrons. The van der Waals surface area contributed by atoms with Crippen LogP contribution in [0.5, 0.6) is 0 Å². The fourth-order valence-electron chi connectivity index (χ4n) is 2.34. The highest BCUT2D eigenvalue weighted by molar-refractivity contribution is 6.00. The molecule has 0 amide bonds. The number of ketones is 1. The third-order valence-electron chi connectivity index (χ3n) is 3.47. The zero-order valence-corrected chi connectivity index (χ0v) is 13.2. The molecule has 1 aromatic carbocycles. The molecule has 24 heavy (non-hydrogen) atoms. The molecule has 1 unspecified atom stereocenters. The molecule has 0 N–H and O–H groups in total. The Hall–Kier alpha value is -3.02. The van der Waals surface area contributed by atoms with Crippen molar-refractivity contribution in [1.82, 2.24) is 0 Å². The summed E-state index contributed by atoms with van der Waals surface area (Å²) in [5.74, 6) is -1.32. The number of Topliss-reactive ketones (excluding diaryl/α,β-unsaturated/α-hetero) is 1. The zero-order chi connectivity index (χ0) is 17.5. The fraction of sp³-hybridized carbons (Fsp3) is 0.222. The van der Waals surface area contributed by atoms with Crippen LogP contribution in [0.2, 0.25) is 0 Å². The van der Waals surface area contributed by atoms with Crippen LogP contribution in [-0.4, -0.2) is 23.3 Å². The molecule has 1 aliphatic rings. The molecular weight excluding hydrogens is 310 g/mol. The van der Waals surface area contributed by atoms with Crippen LogP contribution in [0.25, 0.3) is 6.08 Å². The van der Waals surface area contributed by atoms with E-state index in [0.717, 1.165) is 11.1 Å². The van der Waals surface area contributed by atoms with Gasteiger partial charge in [-0.05, 0) is 30.2 Å². The number of nitrogens with zero attached hydrogens (tertiary/aromatic N) is 1. The minimum absolute atomic E-state index is 0.00571. The van der Waals surface area contributed by atoms with E-state index in [1.54, 1.807) is 49.4 Å². The number of ether oxygens (including phenoxy) is 1. The molecule has 0 aliphatic heterocycles. The standard InChI is InChI=1S/C18H17NO5/c1-2-24-18(21)12-17(20)16-6-4-3-5-14(16)11-13-7-9-15(10-8-13)19(22)23/h3-11,16H,2,12H2,1H3. The highest BCUT2D eigenvalue weighted by Gasteiger charge is 2.23. The normalized spacial score (nSPS) is 17.7. The van der Waals surface area contributed by atoms with Crippen molar-refractivity contribution in [3.8, 4) is 0 Å². The molecule has 6 nitrogen and oxygen atoms in total. The van der Waals surface area contributed by atoms with Gasteiger partial charge in [-0.3, -0.25) is 19.7 Å². The lowest BCUT2D eigenvalue weighted by Crippen LogP contribution is -2.20. The number of hydrogen-bond donors (Lipinski definition) is 0. The molecule has 0 saturated carbocycles. The van der Waals surface area contributed by atoms with Crippen LogP contribution in [0.1, 0.15) is 18.9 Å². The summed E-state index contributed by atoms with van der Waals surface area (Å²) >= 11 is 0. The van der Waals surface area contributed by atoms with Gasteiger partial charge in [0.1, 0.15) is 6.42 Å². The first-order valence-electron chi connectivity index (χ1n) is 7.50. The number of carbonyl (C=O) groups is 2. The summed E-state index contributed by atoms with van der Waals surface area (Å²) in [5.41, 5.74) is 1.47. The predicted molar refractivity (Wildman–Crippen MR) is 89.1 cm³/mol. The molecule has 1 aliphatic carbocycles. The van der Waals surface area contributed by atoms with E-state index in [1.807, 2.05) is 0 Å². The van der Waals surface area contributed by atoms with Crippen molar-refractivity contribution in [2.75, 3.05) is 6.61 Å². The van der Waals surface area contributed by atoms with Gasteiger partial charge in [0.05, 0.1) is 17.4 Å². The summed E-state index contributed by atoms with van der Waals surface area (Å²) in [5, 5.41) is 10.7. The monoisotopic (exact) mass is 327 g/mol. The maximum absolute atomic E-state index is 12.3. The van der Waals surface area contributed by atoms with Crippen LogP contribution in [0.3, 0.4) is 0 Å². The third-order valence-corrected chi connectivity index (χ3v) is 3.47. The van der Waals surface area contributed by atoms with E-state index in [2.05, 4.69) is 0 Å². The Kier molecular flexibility index (Phi) is 5.78. The van der Waals surface area contributed by atoms with Gasteiger partial charge in [-0.1, -0.05) is 30.4 Å². The van der Waals surface area contributed by atoms with Gasteiger partial charge in [0.25, 0.3) is 5.69 Å². The number of rotatable bonds is 6. The molecule has 1 aromatic rings. The Labute approximate surface area is 139 Å². The van der Waals surface area contributed by atoms with Gasteiger partial charge in [-0.2, -0.15) is 0 Å². The molecule has 6 heteroatoms. The van der Waals surface area contributed by atoms with Crippen molar-refractivity contribution in [3.05, 3.63) is 69.8 Å². The van der Waals surface area contributed by atoms with E-state index in [9.17, 15) is 19.7 Å². The highest BCUT2D eigenvalue weighted by atomic mass is 16.6. The topological polar surface area (TPSA) is 86.5 Å².